The second kappa shape index (κ2) is 8.99. The van der Waals surface area contributed by atoms with Gasteiger partial charge in [0.15, 0.2) is 0 Å². The molecule has 152 valence electrons. The van der Waals surface area contributed by atoms with Gasteiger partial charge in [0.25, 0.3) is 11.1 Å². The molecule has 0 bridgehead atoms. The number of hydrogen-bond acceptors (Lipinski definition) is 6. The van der Waals surface area contributed by atoms with E-state index in [9.17, 15) is 4.79 Å². The molecule has 7 heteroatoms. The molecule has 0 aromatic carbocycles. The maximum atomic E-state index is 12.5. The normalized spacial score (nSPS) is 21.7. The summed E-state index contributed by atoms with van der Waals surface area (Å²) in [5.74, 6) is 1.39. The van der Waals surface area contributed by atoms with Crippen LogP contribution >= 0.6 is 23.1 Å². The molecule has 2 aliphatic carbocycles. The summed E-state index contributed by atoms with van der Waals surface area (Å²) in [6.45, 7) is 4.22. The standard InChI is InChI=1S/C21H29N3O2S2/c1-13-9-10-17-15(11-13)12-18(28-17)20-23-24-21(26-20)27-14(2)19(25)22-16-7-5-3-4-6-8-16/h12-14,16H,3-11H2,1-2H3,(H,22,25)/t13-,14+/m0/s1. The van der Waals surface area contributed by atoms with E-state index >= 15 is 0 Å². The van der Waals surface area contributed by atoms with Crippen molar-refractivity contribution in [3.8, 4) is 10.8 Å². The van der Waals surface area contributed by atoms with Crippen molar-refractivity contribution < 1.29 is 9.21 Å². The minimum absolute atomic E-state index is 0.0669. The molecule has 2 heterocycles. The van der Waals surface area contributed by atoms with Crippen LogP contribution in [0.25, 0.3) is 10.8 Å². The number of nitrogens with one attached hydrogen (secondary N) is 1. The first-order valence-electron chi connectivity index (χ1n) is 10.5. The number of amides is 1. The zero-order chi connectivity index (χ0) is 19.5. The summed E-state index contributed by atoms with van der Waals surface area (Å²) in [5, 5.41) is 11.8. The van der Waals surface area contributed by atoms with Crippen LogP contribution in [-0.2, 0) is 17.6 Å². The molecule has 1 amide bonds. The van der Waals surface area contributed by atoms with Crippen LogP contribution in [0.15, 0.2) is 15.7 Å². The number of aromatic nitrogens is 2. The van der Waals surface area contributed by atoms with E-state index in [0.29, 0.717) is 17.2 Å². The summed E-state index contributed by atoms with van der Waals surface area (Å²) in [6, 6.07) is 2.52. The smallest absolute Gasteiger partial charge is 0.277 e. The van der Waals surface area contributed by atoms with E-state index in [0.717, 1.165) is 36.5 Å². The highest BCUT2D eigenvalue weighted by Gasteiger charge is 2.24. The minimum atomic E-state index is -0.242. The minimum Gasteiger partial charge on any atom is -0.410 e. The Bertz CT molecular complexity index is 808. The van der Waals surface area contributed by atoms with Gasteiger partial charge in [-0.3, -0.25) is 4.79 Å². The average Bonchev–Trinajstić information content (AvgIpc) is 3.22. The van der Waals surface area contributed by atoms with Gasteiger partial charge >= 0.3 is 0 Å². The lowest BCUT2D eigenvalue weighted by molar-refractivity contribution is -0.121. The van der Waals surface area contributed by atoms with Crippen molar-refractivity contribution in [3.05, 3.63) is 16.5 Å². The molecule has 0 saturated heterocycles. The van der Waals surface area contributed by atoms with Crippen molar-refractivity contribution in [2.45, 2.75) is 88.1 Å². The van der Waals surface area contributed by atoms with Gasteiger partial charge in [-0.2, -0.15) is 0 Å². The molecule has 0 aliphatic heterocycles. The first-order chi connectivity index (χ1) is 13.6. The monoisotopic (exact) mass is 419 g/mol. The van der Waals surface area contributed by atoms with E-state index in [1.807, 2.05) is 6.92 Å². The number of aryl methyl sites for hydroxylation is 1. The predicted molar refractivity (Wildman–Crippen MR) is 114 cm³/mol. The number of rotatable bonds is 5. The van der Waals surface area contributed by atoms with E-state index < -0.39 is 0 Å². The van der Waals surface area contributed by atoms with Crippen LogP contribution in [0, 0.1) is 5.92 Å². The molecule has 2 aliphatic rings. The third-order valence-electron chi connectivity index (χ3n) is 5.79. The van der Waals surface area contributed by atoms with Gasteiger partial charge in [0.05, 0.1) is 10.1 Å². The van der Waals surface area contributed by atoms with Gasteiger partial charge in [-0.05, 0) is 56.6 Å². The Morgan fingerprint density at radius 1 is 1.25 bits per heavy atom. The molecule has 1 saturated carbocycles. The van der Waals surface area contributed by atoms with E-state index in [2.05, 4.69) is 28.5 Å². The molecular weight excluding hydrogens is 390 g/mol. The van der Waals surface area contributed by atoms with Crippen molar-refractivity contribution in [2.24, 2.45) is 5.92 Å². The Hall–Kier alpha value is -1.34. The van der Waals surface area contributed by atoms with E-state index in [4.69, 9.17) is 4.42 Å². The van der Waals surface area contributed by atoms with Crippen molar-refractivity contribution in [2.75, 3.05) is 0 Å². The number of fused-ring (bicyclic) bond motifs is 1. The molecule has 0 unspecified atom stereocenters. The Morgan fingerprint density at radius 2 is 2.04 bits per heavy atom. The first-order valence-corrected chi connectivity index (χ1v) is 12.2. The van der Waals surface area contributed by atoms with E-state index in [-0.39, 0.29) is 11.2 Å². The number of carbonyl (C=O) groups excluding carboxylic acids is 1. The van der Waals surface area contributed by atoms with Crippen molar-refractivity contribution in [3.63, 3.8) is 0 Å². The number of thiophene rings is 1. The first kappa shape index (κ1) is 20.0. The lowest BCUT2D eigenvalue weighted by Crippen LogP contribution is -2.39. The van der Waals surface area contributed by atoms with Gasteiger partial charge in [-0.25, -0.2) is 0 Å². The molecule has 1 N–H and O–H groups in total. The fourth-order valence-electron chi connectivity index (χ4n) is 4.12. The third kappa shape index (κ3) is 4.79. The number of thioether (sulfide) groups is 1. The van der Waals surface area contributed by atoms with Crippen LogP contribution in [0.5, 0.6) is 0 Å². The topological polar surface area (TPSA) is 68.0 Å². The van der Waals surface area contributed by atoms with Gasteiger partial charge in [0, 0.05) is 10.9 Å². The fraction of sp³-hybridized carbons (Fsp3) is 0.667. The highest BCUT2D eigenvalue weighted by Crippen LogP contribution is 2.37. The highest BCUT2D eigenvalue weighted by atomic mass is 32.2. The Kier molecular flexibility index (Phi) is 6.41. The van der Waals surface area contributed by atoms with Crippen LogP contribution in [0.4, 0.5) is 0 Å². The van der Waals surface area contributed by atoms with Crippen LogP contribution in [0.2, 0.25) is 0 Å². The van der Waals surface area contributed by atoms with Crippen molar-refractivity contribution in [1.29, 1.82) is 0 Å². The van der Waals surface area contributed by atoms with Crippen molar-refractivity contribution >= 4 is 29.0 Å². The van der Waals surface area contributed by atoms with Crippen molar-refractivity contribution in [1.82, 2.24) is 15.5 Å². The zero-order valence-corrected chi connectivity index (χ0v) is 18.3. The molecule has 2 aromatic rings. The number of hydrogen-bond donors (Lipinski definition) is 1. The fourth-order valence-corrected chi connectivity index (χ4v) is 5.94. The van der Waals surface area contributed by atoms with Gasteiger partial charge in [-0.15, -0.1) is 21.5 Å². The molecule has 0 spiro atoms. The lowest BCUT2D eigenvalue weighted by atomic mass is 9.90. The van der Waals surface area contributed by atoms with Crippen LogP contribution in [-0.4, -0.2) is 27.4 Å². The molecule has 0 radical (unpaired) electrons. The molecular formula is C21H29N3O2S2. The Balaban J connectivity index is 1.36. The van der Waals surface area contributed by atoms with Gasteiger partial charge in [-0.1, -0.05) is 44.4 Å². The molecule has 2 aromatic heterocycles. The summed E-state index contributed by atoms with van der Waals surface area (Å²) < 4.78 is 5.88. The number of carbonyl (C=O) groups is 1. The second-order valence-corrected chi connectivity index (χ2v) is 10.7. The maximum Gasteiger partial charge on any atom is 0.277 e. The largest absolute Gasteiger partial charge is 0.410 e. The third-order valence-corrected chi connectivity index (χ3v) is 7.95. The quantitative estimate of drug-likeness (QED) is 0.530. The maximum absolute atomic E-state index is 12.5. The van der Waals surface area contributed by atoms with Crippen LogP contribution < -0.4 is 5.32 Å². The Labute approximate surface area is 175 Å². The summed E-state index contributed by atoms with van der Waals surface area (Å²) in [6.07, 6.45) is 10.7. The number of nitrogens with zero attached hydrogens (tertiary/aromatic N) is 2. The van der Waals surface area contributed by atoms with Gasteiger partial charge in [0.2, 0.25) is 5.91 Å². The Morgan fingerprint density at radius 3 is 2.82 bits per heavy atom. The molecule has 4 rings (SSSR count). The SMILES string of the molecule is C[C@H]1CCc2sc(-c3nnc(S[C@H](C)C(=O)NC4CCCCCC4)o3)cc2C1. The summed E-state index contributed by atoms with van der Waals surface area (Å²) in [4.78, 5) is 15.1. The zero-order valence-electron chi connectivity index (χ0n) is 16.7. The molecule has 1 fully saturated rings. The molecule has 2 atom stereocenters. The van der Waals surface area contributed by atoms with E-state index in [1.165, 1.54) is 54.3 Å². The summed E-state index contributed by atoms with van der Waals surface area (Å²) in [5.41, 5.74) is 1.43. The predicted octanol–water partition coefficient (Wildman–Crippen LogP) is 5.24. The second-order valence-electron chi connectivity index (χ2n) is 8.24. The lowest BCUT2D eigenvalue weighted by Gasteiger charge is -2.18. The van der Waals surface area contributed by atoms with E-state index in [1.54, 1.807) is 11.3 Å². The molecule has 28 heavy (non-hydrogen) atoms. The van der Waals surface area contributed by atoms with Crippen LogP contribution in [0.1, 0.15) is 69.2 Å². The average molecular weight is 420 g/mol. The van der Waals surface area contributed by atoms with Gasteiger partial charge < -0.3 is 9.73 Å². The summed E-state index contributed by atoms with van der Waals surface area (Å²) >= 11 is 3.12. The molecule has 5 nitrogen and oxygen atoms in total. The van der Waals surface area contributed by atoms with Gasteiger partial charge in [0.1, 0.15) is 0 Å². The summed E-state index contributed by atoms with van der Waals surface area (Å²) in [7, 11) is 0. The highest BCUT2D eigenvalue weighted by molar-refractivity contribution is 8.00. The van der Waals surface area contributed by atoms with Crippen LogP contribution in [0.3, 0.4) is 0 Å².